The number of amides is 1. The van der Waals surface area contributed by atoms with E-state index in [4.69, 9.17) is 4.52 Å². The Morgan fingerprint density at radius 2 is 2.27 bits per heavy atom. The van der Waals surface area contributed by atoms with Crippen molar-refractivity contribution in [2.75, 3.05) is 6.54 Å². The lowest BCUT2D eigenvalue weighted by molar-refractivity contribution is 0.0951. The van der Waals surface area contributed by atoms with E-state index in [2.05, 4.69) is 25.5 Å². The summed E-state index contributed by atoms with van der Waals surface area (Å²) < 4.78 is 6.93. The second kappa shape index (κ2) is 6.70. The molecule has 1 amide bonds. The zero-order chi connectivity index (χ0) is 18.1. The number of carbonyl (C=O) groups excluding carboxylic acids is 1. The molecule has 8 heteroatoms. The van der Waals surface area contributed by atoms with Gasteiger partial charge < -0.3 is 9.84 Å². The topological polar surface area (TPSA) is 98.7 Å². The Hall–Kier alpha value is -3.03. The first-order valence-electron chi connectivity index (χ1n) is 8.78. The van der Waals surface area contributed by atoms with Gasteiger partial charge in [0.2, 0.25) is 0 Å². The molecular formula is C18H20N6O2. The van der Waals surface area contributed by atoms with Crippen molar-refractivity contribution < 1.29 is 9.32 Å². The first-order chi connectivity index (χ1) is 12.7. The van der Waals surface area contributed by atoms with Crippen LogP contribution in [0.1, 0.15) is 41.6 Å². The number of hydrogen-bond acceptors (Lipinski definition) is 6. The van der Waals surface area contributed by atoms with E-state index in [1.165, 1.54) is 12.8 Å². The molecule has 0 spiro atoms. The number of aromatic nitrogens is 5. The Morgan fingerprint density at radius 3 is 3.00 bits per heavy atom. The molecule has 0 unspecified atom stereocenters. The third-order valence-corrected chi connectivity index (χ3v) is 4.50. The van der Waals surface area contributed by atoms with Crippen LogP contribution in [0.5, 0.6) is 0 Å². The maximum absolute atomic E-state index is 12.3. The van der Waals surface area contributed by atoms with Gasteiger partial charge in [-0.3, -0.25) is 4.79 Å². The lowest BCUT2D eigenvalue weighted by Gasteiger charge is -2.06. The second-order valence-electron chi connectivity index (χ2n) is 6.48. The van der Waals surface area contributed by atoms with Gasteiger partial charge in [-0.2, -0.15) is 10.1 Å². The van der Waals surface area contributed by atoms with Crippen LogP contribution in [0.3, 0.4) is 0 Å². The highest BCUT2D eigenvalue weighted by Gasteiger charge is 2.23. The molecule has 3 aromatic heterocycles. The van der Waals surface area contributed by atoms with Gasteiger partial charge in [0.15, 0.2) is 11.6 Å². The minimum absolute atomic E-state index is 0.0960. The molecule has 0 aliphatic heterocycles. The monoisotopic (exact) mass is 352 g/mol. The molecule has 134 valence electrons. The van der Waals surface area contributed by atoms with E-state index >= 15 is 0 Å². The van der Waals surface area contributed by atoms with E-state index in [-0.39, 0.29) is 5.91 Å². The van der Waals surface area contributed by atoms with Crippen LogP contribution in [0.2, 0.25) is 0 Å². The fraction of sp³-hybridized carbons (Fsp3) is 0.389. The van der Waals surface area contributed by atoms with Crippen LogP contribution in [0.4, 0.5) is 0 Å². The van der Waals surface area contributed by atoms with Crippen molar-refractivity contribution >= 4 is 5.91 Å². The summed E-state index contributed by atoms with van der Waals surface area (Å²) in [6, 6.07) is 3.62. The molecule has 8 nitrogen and oxygen atoms in total. The Morgan fingerprint density at radius 1 is 1.42 bits per heavy atom. The number of nitrogens with one attached hydrogen (secondary N) is 1. The van der Waals surface area contributed by atoms with Gasteiger partial charge in [-0.1, -0.05) is 12.1 Å². The molecule has 0 bridgehead atoms. The average molecular weight is 352 g/mol. The Kier molecular flexibility index (Phi) is 4.24. The average Bonchev–Trinajstić information content (AvgIpc) is 3.22. The van der Waals surface area contributed by atoms with Crippen LogP contribution in [-0.4, -0.2) is 37.4 Å². The first-order valence-corrected chi connectivity index (χ1v) is 8.78. The molecule has 1 saturated carbocycles. The van der Waals surface area contributed by atoms with E-state index in [1.807, 2.05) is 19.9 Å². The molecular weight excluding hydrogens is 332 g/mol. The van der Waals surface area contributed by atoms with Gasteiger partial charge in [0.25, 0.3) is 11.8 Å². The van der Waals surface area contributed by atoms with Crippen molar-refractivity contribution in [1.82, 2.24) is 30.2 Å². The standard InChI is InChI=1S/C18H20N6O2/c1-3-15-22-18(26-23-15)13-6-7-19-16(8-13)24-11(2)14(10-21-24)17(25)20-9-12-4-5-12/h6-8,10,12H,3-5,9H2,1-2H3,(H,20,25). The number of nitrogens with zero attached hydrogens (tertiary/aromatic N) is 5. The van der Waals surface area contributed by atoms with Crippen molar-refractivity contribution in [1.29, 1.82) is 0 Å². The lowest BCUT2D eigenvalue weighted by Crippen LogP contribution is -2.25. The van der Waals surface area contributed by atoms with Crippen molar-refractivity contribution in [2.24, 2.45) is 5.92 Å². The Labute approximate surface area is 150 Å². The molecule has 1 N–H and O–H groups in total. The molecule has 1 aliphatic rings. The maximum atomic E-state index is 12.3. The van der Waals surface area contributed by atoms with E-state index in [9.17, 15) is 4.79 Å². The van der Waals surface area contributed by atoms with Gasteiger partial charge in [0.05, 0.1) is 17.5 Å². The third kappa shape index (κ3) is 3.22. The van der Waals surface area contributed by atoms with E-state index < -0.39 is 0 Å². The number of aryl methyl sites for hydroxylation is 1. The smallest absolute Gasteiger partial charge is 0.258 e. The van der Waals surface area contributed by atoms with Crippen LogP contribution in [-0.2, 0) is 6.42 Å². The minimum Gasteiger partial charge on any atom is -0.352 e. The zero-order valence-electron chi connectivity index (χ0n) is 14.8. The lowest BCUT2D eigenvalue weighted by atomic mass is 10.2. The quantitative estimate of drug-likeness (QED) is 0.731. The first kappa shape index (κ1) is 16.4. The fourth-order valence-electron chi connectivity index (χ4n) is 2.70. The maximum Gasteiger partial charge on any atom is 0.258 e. The number of carbonyl (C=O) groups is 1. The van der Waals surface area contributed by atoms with Gasteiger partial charge in [-0.25, -0.2) is 9.67 Å². The van der Waals surface area contributed by atoms with E-state index in [1.54, 1.807) is 23.1 Å². The SMILES string of the molecule is CCc1noc(-c2ccnc(-n3ncc(C(=O)NCC4CC4)c3C)c2)n1. The van der Waals surface area contributed by atoms with Crippen LogP contribution < -0.4 is 5.32 Å². The predicted octanol–water partition coefficient (Wildman–Crippen LogP) is 2.33. The molecule has 0 aromatic carbocycles. The summed E-state index contributed by atoms with van der Waals surface area (Å²) in [5.74, 6) is 2.23. The number of rotatable bonds is 6. The van der Waals surface area contributed by atoms with Crippen LogP contribution >= 0.6 is 0 Å². The Bertz CT molecular complexity index is 941. The molecule has 0 radical (unpaired) electrons. The number of hydrogen-bond donors (Lipinski definition) is 1. The normalized spacial score (nSPS) is 13.8. The summed E-state index contributed by atoms with van der Waals surface area (Å²) in [7, 11) is 0. The largest absolute Gasteiger partial charge is 0.352 e. The van der Waals surface area contributed by atoms with Crippen LogP contribution in [0.15, 0.2) is 29.0 Å². The van der Waals surface area contributed by atoms with Gasteiger partial charge in [0, 0.05) is 24.7 Å². The molecule has 4 rings (SSSR count). The number of pyridine rings is 1. The second-order valence-corrected chi connectivity index (χ2v) is 6.48. The van der Waals surface area contributed by atoms with Crippen molar-refractivity contribution in [3.63, 3.8) is 0 Å². The molecule has 26 heavy (non-hydrogen) atoms. The summed E-state index contributed by atoms with van der Waals surface area (Å²) in [6.07, 6.45) is 6.34. The molecule has 0 atom stereocenters. The molecule has 1 fully saturated rings. The molecule has 1 aliphatic carbocycles. The van der Waals surface area contributed by atoms with Crippen molar-refractivity contribution in [2.45, 2.75) is 33.1 Å². The third-order valence-electron chi connectivity index (χ3n) is 4.50. The van der Waals surface area contributed by atoms with Gasteiger partial charge >= 0.3 is 0 Å². The highest BCUT2D eigenvalue weighted by atomic mass is 16.5. The molecule has 3 aromatic rings. The Balaban J connectivity index is 1.59. The van der Waals surface area contributed by atoms with Gasteiger partial charge in [-0.05, 0) is 37.8 Å². The van der Waals surface area contributed by atoms with E-state index in [0.29, 0.717) is 35.4 Å². The highest BCUT2D eigenvalue weighted by Crippen LogP contribution is 2.27. The van der Waals surface area contributed by atoms with Gasteiger partial charge in [0.1, 0.15) is 0 Å². The summed E-state index contributed by atoms with van der Waals surface area (Å²) in [5, 5.41) is 11.2. The fourth-order valence-corrected chi connectivity index (χ4v) is 2.70. The predicted molar refractivity (Wildman–Crippen MR) is 93.8 cm³/mol. The summed E-state index contributed by atoms with van der Waals surface area (Å²) in [4.78, 5) is 21.0. The minimum atomic E-state index is -0.0960. The summed E-state index contributed by atoms with van der Waals surface area (Å²) in [5.41, 5.74) is 2.06. The molecule has 3 heterocycles. The highest BCUT2D eigenvalue weighted by molar-refractivity contribution is 5.95. The van der Waals surface area contributed by atoms with Crippen LogP contribution in [0.25, 0.3) is 17.3 Å². The van der Waals surface area contributed by atoms with Gasteiger partial charge in [-0.15, -0.1) is 0 Å². The van der Waals surface area contributed by atoms with Crippen molar-refractivity contribution in [3.8, 4) is 17.3 Å². The summed E-state index contributed by atoms with van der Waals surface area (Å²) in [6.45, 7) is 4.55. The van der Waals surface area contributed by atoms with Crippen LogP contribution in [0, 0.1) is 12.8 Å². The van der Waals surface area contributed by atoms with E-state index in [0.717, 1.165) is 17.8 Å². The zero-order valence-corrected chi connectivity index (χ0v) is 14.8. The molecule has 0 saturated heterocycles. The summed E-state index contributed by atoms with van der Waals surface area (Å²) >= 11 is 0. The van der Waals surface area contributed by atoms with Crippen molar-refractivity contribution in [3.05, 3.63) is 41.6 Å².